The van der Waals surface area contributed by atoms with Gasteiger partial charge in [-0.2, -0.15) is 0 Å². The first-order valence-electron chi connectivity index (χ1n) is 8.96. The number of benzene rings is 1. The predicted octanol–water partition coefficient (Wildman–Crippen LogP) is 4.08. The van der Waals surface area contributed by atoms with Gasteiger partial charge in [-0.25, -0.2) is 4.57 Å². The molecule has 0 N–H and O–H groups in total. The van der Waals surface area contributed by atoms with E-state index in [1.165, 1.54) is 13.8 Å². The van der Waals surface area contributed by atoms with Crippen LogP contribution in [0.2, 0.25) is 0 Å². The maximum atomic E-state index is 8.44. The van der Waals surface area contributed by atoms with Gasteiger partial charge in [0.15, 0.2) is 6.20 Å². The van der Waals surface area contributed by atoms with E-state index in [-0.39, 0.29) is 0 Å². The lowest BCUT2D eigenvalue weighted by Crippen LogP contribution is -2.30. The topological polar surface area (TPSA) is 3.88 Å². The molecule has 2 aromatic rings. The first-order chi connectivity index (χ1) is 10.9. The van der Waals surface area contributed by atoms with E-state index in [1.807, 2.05) is 49.0 Å². The van der Waals surface area contributed by atoms with E-state index in [2.05, 4.69) is 0 Å². The number of rotatable bonds is 2. The minimum atomic E-state index is -2.39. The van der Waals surface area contributed by atoms with Crippen molar-refractivity contribution in [2.75, 3.05) is 0 Å². The van der Waals surface area contributed by atoms with Crippen molar-refractivity contribution in [3.05, 3.63) is 53.7 Å². The lowest BCUT2D eigenvalue weighted by molar-refractivity contribution is -0.660. The normalized spacial score (nSPS) is 16.9. The highest BCUT2D eigenvalue weighted by molar-refractivity contribution is 5.61. The molecule has 0 amide bonds. The van der Waals surface area contributed by atoms with Crippen LogP contribution in [0, 0.1) is 12.3 Å². The minimum Gasteiger partial charge on any atom is -0.201 e. The SMILES string of the molecule is [2H]C([2H])([2H])C(C)(C)C([2H])([2H])c1ccc(-c2cccc[n+]2C)c(C)c1. The summed E-state index contributed by atoms with van der Waals surface area (Å²) in [7, 11) is 1.96. The molecule has 0 unspecified atom stereocenters. The van der Waals surface area contributed by atoms with Gasteiger partial charge in [-0.3, -0.25) is 0 Å². The average molecular weight is 259 g/mol. The number of pyridine rings is 1. The van der Waals surface area contributed by atoms with E-state index in [0.29, 0.717) is 5.56 Å². The number of aryl methyl sites for hydroxylation is 2. The van der Waals surface area contributed by atoms with Gasteiger partial charge in [0, 0.05) is 24.5 Å². The minimum absolute atomic E-state index is 0.392. The molecule has 1 aromatic carbocycles. The van der Waals surface area contributed by atoms with Gasteiger partial charge in [-0.15, -0.1) is 0 Å². The van der Waals surface area contributed by atoms with E-state index in [1.54, 1.807) is 12.1 Å². The van der Waals surface area contributed by atoms with Gasteiger partial charge in [0.25, 0.3) is 0 Å². The molecule has 0 saturated carbocycles. The molecule has 0 atom stereocenters. The first kappa shape index (κ1) is 8.52. The third-order valence-electron chi connectivity index (χ3n) is 3.01. The van der Waals surface area contributed by atoms with Crippen molar-refractivity contribution in [2.24, 2.45) is 12.5 Å². The van der Waals surface area contributed by atoms with Crippen LogP contribution in [-0.4, -0.2) is 0 Å². The van der Waals surface area contributed by atoms with Crippen molar-refractivity contribution in [1.82, 2.24) is 0 Å². The molecule has 0 aliphatic heterocycles. The van der Waals surface area contributed by atoms with Crippen LogP contribution in [0.15, 0.2) is 42.6 Å². The first-order valence-corrected chi connectivity index (χ1v) is 6.46. The Bertz CT molecular complexity index is 747. The number of nitrogens with zero attached hydrogens (tertiary/aromatic N) is 1. The van der Waals surface area contributed by atoms with Crippen LogP contribution in [0.4, 0.5) is 0 Å². The largest absolute Gasteiger partial charge is 0.212 e. The molecule has 1 nitrogen and oxygen atoms in total. The highest BCUT2D eigenvalue weighted by Gasteiger charge is 2.14. The zero-order valence-electron chi connectivity index (χ0n) is 17.0. The highest BCUT2D eigenvalue weighted by atomic mass is 14.9. The number of hydrogen-bond donors (Lipinski definition) is 0. The van der Waals surface area contributed by atoms with Crippen molar-refractivity contribution >= 4 is 0 Å². The van der Waals surface area contributed by atoms with Crippen molar-refractivity contribution in [3.8, 4) is 11.3 Å². The Morgan fingerprint density at radius 1 is 1.26 bits per heavy atom. The zero-order valence-corrected chi connectivity index (χ0v) is 12.0. The molecule has 0 bridgehead atoms. The Morgan fingerprint density at radius 2 is 2.05 bits per heavy atom. The van der Waals surface area contributed by atoms with Crippen LogP contribution in [-0.2, 0) is 13.4 Å². The Labute approximate surface area is 123 Å². The summed E-state index contributed by atoms with van der Waals surface area (Å²) >= 11 is 0. The van der Waals surface area contributed by atoms with E-state index in [0.717, 1.165) is 16.8 Å². The second-order valence-electron chi connectivity index (χ2n) is 5.48. The van der Waals surface area contributed by atoms with Crippen LogP contribution < -0.4 is 4.57 Å². The van der Waals surface area contributed by atoms with Gasteiger partial charge < -0.3 is 0 Å². The second kappa shape index (κ2) is 5.16. The van der Waals surface area contributed by atoms with Crippen molar-refractivity contribution in [1.29, 1.82) is 0 Å². The van der Waals surface area contributed by atoms with Crippen molar-refractivity contribution in [2.45, 2.75) is 34.0 Å². The van der Waals surface area contributed by atoms with Gasteiger partial charge in [-0.05, 0) is 42.0 Å². The fourth-order valence-corrected chi connectivity index (χ4v) is 2.19. The average Bonchev–Trinajstić information content (AvgIpc) is 2.46. The fraction of sp³-hybridized carbons (Fsp3) is 0.389. The van der Waals surface area contributed by atoms with Crippen LogP contribution in [0.1, 0.15) is 38.7 Å². The molecule has 0 aliphatic rings. The molecule has 1 aromatic heterocycles. The summed E-state index contributed by atoms with van der Waals surface area (Å²) in [5.41, 5.74) is 1.84. The monoisotopic (exact) mass is 259 g/mol. The predicted molar refractivity (Wildman–Crippen MR) is 81.0 cm³/mol. The standard InChI is InChI=1S/C18H24N/c1-14-12-15(13-18(2,3)4)9-10-16(14)17-8-6-7-11-19(17)5/h6-12H,13H2,1-5H3/q+1/i2D3,13D2. The molecule has 0 saturated heterocycles. The van der Waals surface area contributed by atoms with Gasteiger partial charge in [0.05, 0.1) is 0 Å². The molecule has 2 rings (SSSR count). The van der Waals surface area contributed by atoms with E-state index in [9.17, 15) is 0 Å². The van der Waals surface area contributed by atoms with Gasteiger partial charge >= 0.3 is 0 Å². The molecule has 100 valence electrons. The third-order valence-corrected chi connectivity index (χ3v) is 3.01. The van der Waals surface area contributed by atoms with Crippen molar-refractivity contribution in [3.63, 3.8) is 0 Å². The summed E-state index contributed by atoms with van der Waals surface area (Å²) in [6.07, 6.45) is -0.0138. The summed E-state index contributed by atoms with van der Waals surface area (Å²) in [5.74, 6) is 0. The van der Waals surface area contributed by atoms with E-state index >= 15 is 0 Å². The van der Waals surface area contributed by atoms with Crippen LogP contribution >= 0.6 is 0 Å². The Hall–Kier alpha value is -1.63. The molecule has 0 aliphatic carbocycles. The molecule has 1 heterocycles. The molecule has 19 heavy (non-hydrogen) atoms. The van der Waals surface area contributed by atoms with Crippen LogP contribution in [0.5, 0.6) is 0 Å². The van der Waals surface area contributed by atoms with Gasteiger partial charge in [-0.1, -0.05) is 32.8 Å². The Kier molecular flexibility index (Phi) is 2.32. The highest BCUT2D eigenvalue weighted by Crippen LogP contribution is 2.25. The summed E-state index contributed by atoms with van der Waals surface area (Å²) in [6.45, 7) is 2.44. The quantitative estimate of drug-likeness (QED) is 0.716. The lowest BCUT2D eigenvalue weighted by Gasteiger charge is -2.18. The maximum absolute atomic E-state index is 8.44. The third kappa shape index (κ3) is 3.44. The van der Waals surface area contributed by atoms with E-state index < -0.39 is 18.6 Å². The molecule has 0 fully saturated rings. The smallest absolute Gasteiger partial charge is 0.201 e. The summed E-state index contributed by atoms with van der Waals surface area (Å²) in [5, 5.41) is 0. The van der Waals surface area contributed by atoms with Gasteiger partial charge in [0.2, 0.25) is 5.69 Å². The summed E-state index contributed by atoms with van der Waals surface area (Å²) in [4.78, 5) is 0. The van der Waals surface area contributed by atoms with Crippen LogP contribution in [0.25, 0.3) is 11.3 Å². The molecule has 0 spiro atoms. The zero-order chi connectivity index (χ0) is 18.3. The Morgan fingerprint density at radius 3 is 2.68 bits per heavy atom. The lowest BCUT2D eigenvalue weighted by atomic mass is 9.87. The Balaban J connectivity index is 2.52. The number of hydrogen-bond acceptors (Lipinski definition) is 0. The molecular weight excluding hydrogens is 230 g/mol. The summed E-state index contributed by atoms with van der Waals surface area (Å²) < 4.78 is 41.9. The van der Waals surface area contributed by atoms with Crippen LogP contribution in [0.3, 0.4) is 0 Å². The molecule has 1 heteroatoms. The van der Waals surface area contributed by atoms with Gasteiger partial charge in [0.1, 0.15) is 7.05 Å². The summed E-state index contributed by atoms with van der Waals surface area (Å²) in [6, 6.07) is 11.2. The number of aromatic nitrogens is 1. The van der Waals surface area contributed by atoms with Crippen molar-refractivity contribution < 1.29 is 11.4 Å². The molecule has 0 radical (unpaired) electrons. The molecular formula is C18H24N+. The fourth-order valence-electron chi connectivity index (χ4n) is 2.19. The second-order valence-corrected chi connectivity index (χ2v) is 5.48. The van der Waals surface area contributed by atoms with E-state index in [4.69, 9.17) is 6.85 Å². The maximum Gasteiger partial charge on any atom is 0.212 e.